The van der Waals surface area contributed by atoms with Gasteiger partial charge >= 0.3 is 5.91 Å². The van der Waals surface area contributed by atoms with Crippen molar-refractivity contribution in [2.45, 2.75) is 68.6 Å². The molecule has 1 aliphatic carbocycles. The Bertz CT molecular complexity index is 811. The van der Waals surface area contributed by atoms with Gasteiger partial charge in [0.1, 0.15) is 0 Å². The number of hydrogen-bond donors (Lipinski definition) is 3. The van der Waals surface area contributed by atoms with Crippen LogP contribution in [0.5, 0.6) is 0 Å². The molecule has 1 aliphatic rings. The molecule has 0 spiro atoms. The van der Waals surface area contributed by atoms with Crippen molar-refractivity contribution in [1.82, 2.24) is 25.3 Å². The molecule has 1 unspecified atom stereocenters. The summed E-state index contributed by atoms with van der Waals surface area (Å²) in [5, 5.41) is 12.7. The van der Waals surface area contributed by atoms with E-state index in [4.69, 9.17) is 9.73 Å². The van der Waals surface area contributed by atoms with E-state index in [-0.39, 0.29) is 24.1 Å². The molecular formula is C20H27N5O4S. The minimum Gasteiger partial charge on any atom is -0.338 e. The highest BCUT2D eigenvalue weighted by Gasteiger charge is 2.25. The summed E-state index contributed by atoms with van der Waals surface area (Å²) in [6.07, 6.45) is 12.4. The fourth-order valence-electron chi connectivity index (χ4n) is 3.76. The van der Waals surface area contributed by atoms with Crippen molar-refractivity contribution in [2.75, 3.05) is 0 Å². The largest absolute Gasteiger partial charge is 0.338 e. The average molecular weight is 434 g/mol. The molecule has 9 nitrogen and oxygen atoms in total. The standard InChI is InChI=1S/C20H27N5O4S/c26-17(23-28)12-15(9-4-8-14-6-2-1-3-7-14)20-22-18(24-29-20)19(27)25-30-16-10-5-11-21-13-16/h5,10-11,13-15,28H,1-4,6-9,12H2,(H,23,26)(H,25,27). The van der Waals surface area contributed by atoms with E-state index in [1.807, 2.05) is 6.07 Å². The van der Waals surface area contributed by atoms with Gasteiger partial charge in [-0.15, -0.1) is 0 Å². The minimum atomic E-state index is -0.519. The van der Waals surface area contributed by atoms with Gasteiger partial charge in [-0.1, -0.05) is 50.1 Å². The van der Waals surface area contributed by atoms with Gasteiger partial charge in [-0.3, -0.25) is 24.5 Å². The van der Waals surface area contributed by atoms with Gasteiger partial charge in [0, 0.05) is 29.6 Å². The van der Waals surface area contributed by atoms with E-state index in [9.17, 15) is 9.59 Å². The molecular weight excluding hydrogens is 406 g/mol. The normalized spacial score (nSPS) is 15.5. The van der Waals surface area contributed by atoms with Crippen LogP contribution in [0.25, 0.3) is 0 Å². The highest BCUT2D eigenvalue weighted by Crippen LogP contribution is 2.31. The van der Waals surface area contributed by atoms with Crippen LogP contribution < -0.4 is 10.2 Å². The Morgan fingerprint density at radius 3 is 2.87 bits per heavy atom. The summed E-state index contributed by atoms with van der Waals surface area (Å²) in [7, 11) is 0. The third kappa shape index (κ3) is 6.81. The van der Waals surface area contributed by atoms with Gasteiger partial charge in [0.25, 0.3) is 5.82 Å². The summed E-state index contributed by atoms with van der Waals surface area (Å²) < 4.78 is 7.92. The molecule has 0 radical (unpaired) electrons. The molecule has 1 fully saturated rings. The van der Waals surface area contributed by atoms with Crippen molar-refractivity contribution in [1.29, 1.82) is 0 Å². The van der Waals surface area contributed by atoms with Crippen LogP contribution >= 0.6 is 11.9 Å². The number of carbonyl (C=O) groups excluding carboxylic acids is 2. The van der Waals surface area contributed by atoms with Crippen LogP contribution in [0.1, 0.15) is 80.2 Å². The molecule has 162 valence electrons. The van der Waals surface area contributed by atoms with Gasteiger partial charge in [-0.05, 0) is 36.4 Å². The molecule has 10 heteroatoms. The number of pyridine rings is 1. The van der Waals surface area contributed by atoms with Crippen molar-refractivity contribution < 1.29 is 19.3 Å². The molecule has 0 bridgehead atoms. The van der Waals surface area contributed by atoms with E-state index in [1.165, 1.54) is 32.1 Å². The van der Waals surface area contributed by atoms with Crippen molar-refractivity contribution in [3.8, 4) is 0 Å². The quantitative estimate of drug-likeness (QED) is 0.294. The number of hydrogen-bond acceptors (Lipinski definition) is 8. The summed E-state index contributed by atoms with van der Waals surface area (Å²) >= 11 is 1.10. The fourth-order valence-corrected chi connectivity index (χ4v) is 4.32. The molecule has 0 aliphatic heterocycles. The second-order valence-corrected chi connectivity index (χ2v) is 8.43. The Balaban J connectivity index is 1.56. The van der Waals surface area contributed by atoms with Gasteiger partial charge in [0.15, 0.2) is 0 Å². The maximum Gasteiger partial charge on any atom is 0.302 e. The molecule has 0 saturated heterocycles. The number of hydroxylamine groups is 1. The number of carbonyl (C=O) groups is 2. The summed E-state index contributed by atoms with van der Waals surface area (Å²) in [6.45, 7) is 0. The highest BCUT2D eigenvalue weighted by atomic mass is 32.2. The van der Waals surface area contributed by atoms with Crippen molar-refractivity contribution in [2.24, 2.45) is 5.92 Å². The topological polar surface area (TPSA) is 130 Å². The van der Waals surface area contributed by atoms with E-state index in [2.05, 4.69) is 19.8 Å². The lowest BCUT2D eigenvalue weighted by molar-refractivity contribution is -0.129. The lowest BCUT2D eigenvalue weighted by Gasteiger charge is -2.22. The van der Waals surface area contributed by atoms with E-state index >= 15 is 0 Å². The Labute approximate surface area is 179 Å². The highest BCUT2D eigenvalue weighted by molar-refractivity contribution is 7.98. The van der Waals surface area contributed by atoms with Crippen molar-refractivity contribution in [3.63, 3.8) is 0 Å². The van der Waals surface area contributed by atoms with Crippen molar-refractivity contribution in [3.05, 3.63) is 36.2 Å². The van der Waals surface area contributed by atoms with Crippen LogP contribution in [-0.2, 0) is 4.79 Å². The molecule has 1 atom stereocenters. The number of aromatic nitrogens is 3. The van der Waals surface area contributed by atoms with Gasteiger partial charge in [-0.25, -0.2) is 5.48 Å². The first kappa shape index (κ1) is 22.2. The molecule has 30 heavy (non-hydrogen) atoms. The van der Waals surface area contributed by atoms with Gasteiger partial charge in [0.05, 0.1) is 0 Å². The zero-order valence-electron chi connectivity index (χ0n) is 16.7. The lowest BCUT2D eigenvalue weighted by atomic mass is 9.84. The molecule has 1 saturated carbocycles. The van der Waals surface area contributed by atoms with Gasteiger partial charge in [0.2, 0.25) is 11.8 Å². The minimum absolute atomic E-state index is 0.0227. The predicted octanol–water partition coefficient (Wildman–Crippen LogP) is 3.63. The molecule has 3 N–H and O–H groups in total. The Morgan fingerprint density at radius 2 is 2.13 bits per heavy atom. The van der Waals surface area contributed by atoms with E-state index in [0.717, 1.165) is 35.6 Å². The molecule has 3 rings (SSSR count). The molecule has 2 amide bonds. The van der Waals surface area contributed by atoms with Crippen LogP contribution in [0.2, 0.25) is 0 Å². The first-order valence-electron chi connectivity index (χ1n) is 10.3. The molecule has 2 aromatic rings. The predicted molar refractivity (Wildman–Crippen MR) is 110 cm³/mol. The van der Waals surface area contributed by atoms with E-state index in [1.54, 1.807) is 23.9 Å². The first-order chi connectivity index (χ1) is 14.7. The maximum atomic E-state index is 12.3. The fraction of sp³-hybridized carbons (Fsp3) is 0.550. The summed E-state index contributed by atoms with van der Waals surface area (Å²) in [5.41, 5.74) is 1.66. The zero-order chi connectivity index (χ0) is 21.2. The third-order valence-corrected chi connectivity index (χ3v) is 6.10. The summed E-state index contributed by atoms with van der Waals surface area (Å²) in [5.74, 6) is -0.484. The third-order valence-electron chi connectivity index (χ3n) is 5.34. The lowest BCUT2D eigenvalue weighted by Crippen LogP contribution is -2.22. The smallest absolute Gasteiger partial charge is 0.302 e. The van der Waals surface area contributed by atoms with E-state index < -0.39 is 11.8 Å². The van der Waals surface area contributed by atoms with Crippen LogP contribution in [0.4, 0.5) is 0 Å². The van der Waals surface area contributed by atoms with Gasteiger partial charge < -0.3 is 4.52 Å². The SMILES string of the molecule is O=C(CC(CCCC1CCCCC1)c1nc(C(=O)NSc2cccnc2)no1)NO. The number of rotatable bonds is 10. The maximum absolute atomic E-state index is 12.3. The number of amides is 2. The van der Waals surface area contributed by atoms with Gasteiger partial charge in [-0.2, -0.15) is 4.98 Å². The molecule has 2 heterocycles. The molecule has 0 aromatic carbocycles. The second kappa shape index (κ2) is 11.7. The number of nitrogens with zero attached hydrogens (tertiary/aromatic N) is 3. The summed E-state index contributed by atoms with van der Waals surface area (Å²) in [4.78, 5) is 33.0. The Kier molecular flexibility index (Phi) is 8.64. The van der Waals surface area contributed by atoms with Crippen LogP contribution in [0.15, 0.2) is 33.9 Å². The number of nitrogens with one attached hydrogen (secondary N) is 2. The first-order valence-corrected chi connectivity index (χ1v) is 11.1. The Hall–Kier alpha value is -2.46. The van der Waals surface area contributed by atoms with Crippen molar-refractivity contribution >= 4 is 23.8 Å². The summed E-state index contributed by atoms with van der Waals surface area (Å²) in [6, 6.07) is 3.58. The zero-order valence-corrected chi connectivity index (χ0v) is 17.6. The second-order valence-electron chi connectivity index (χ2n) is 7.55. The van der Waals surface area contributed by atoms with Crippen LogP contribution in [-0.4, -0.2) is 32.1 Å². The average Bonchev–Trinajstić information content (AvgIpc) is 3.28. The Morgan fingerprint density at radius 1 is 1.30 bits per heavy atom. The monoisotopic (exact) mass is 433 g/mol. The van der Waals surface area contributed by atoms with E-state index in [0.29, 0.717) is 6.42 Å². The van der Waals surface area contributed by atoms with Crippen LogP contribution in [0, 0.1) is 5.92 Å². The molecule has 2 aromatic heterocycles. The van der Waals surface area contributed by atoms with Crippen LogP contribution in [0.3, 0.4) is 0 Å².